The monoisotopic (exact) mass is 231 g/mol. The van der Waals surface area contributed by atoms with Crippen LogP contribution in [0.25, 0.3) is 0 Å². The summed E-state index contributed by atoms with van der Waals surface area (Å²) < 4.78 is 5.88. The van der Waals surface area contributed by atoms with E-state index in [0.29, 0.717) is 18.1 Å². The summed E-state index contributed by atoms with van der Waals surface area (Å²) in [5.74, 6) is 0.662. The van der Waals surface area contributed by atoms with Gasteiger partial charge in [0.05, 0.1) is 12.1 Å². The quantitative estimate of drug-likeness (QED) is 0.843. The van der Waals surface area contributed by atoms with Crippen molar-refractivity contribution < 1.29 is 4.74 Å². The van der Waals surface area contributed by atoms with Gasteiger partial charge >= 0.3 is 0 Å². The maximum atomic E-state index is 5.88. The highest BCUT2D eigenvalue weighted by Crippen LogP contribution is 2.44. The Hall–Kier alpha value is -1.02. The molecule has 2 aliphatic heterocycles. The zero-order valence-corrected chi connectivity index (χ0v) is 10.7. The summed E-state index contributed by atoms with van der Waals surface area (Å²) in [6, 6.07) is 7.24. The van der Waals surface area contributed by atoms with Crippen LogP contribution in [0.15, 0.2) is 18.2 Å². The van der Waals surface area contributed by atoms with Gasteiger partial charge in [-0.2, -0.15) is 0 Å². The molecular weight excluding hydrogens is 210 g/mol. The lowest BCUT2D eigenvalue weighted by Gasteiger charge is -2.33. The predicted octanol–water partition coefficient (Wildman–Crippen LogP) is 3.33. The van der Waals surface area contributed by atoms with Crippen LogP contribution in [0.1, 0.15) is 43.7 Å². The number of para-hydroxylation sites is 1. The van der Waals surface area contributed by atoms with Crippen LogP contribution in [0, 0.1) is 0 Å². The molecule has 0 amide bonds. The topological polar surface area (TPSA) is 21.3 Å². The second-order valence-corrected chi connectivity index (χ2v) is 5.12. The summed E-state index contributed by atoms with van der Waals surface area (Å²) in [6.07, 6.45) is 3.75. The van der Waals surface area contributed by atoms with Crippen molar-refractivity contribution in [3.05, 3.63) is 29.3 Å². The normalized spacial score (nSPS) is 30.6. The van der Waals surface area contributed by atoms with Crippen LogP contribution < -0.4 is 5.32 Å². The number of aryl methyl sites for hydroxylation is 1. The number of nitrogens with one attached hydrogen (secondary N) is 1. The molecule has 1 aromatic rings. The van der Waals surface area contributed by atoms with Gasteiger partial charge in [-0.25, -0.2) is 0 Å². The number of ether oxygens (including phenoxy) is 1. The first kappa shape index (κ1) is 11.1. The fraction of sp³-hybridized carbons (Fsp3) is 0.600. The van der Waals surface area contributed by atoms with Gasteiger partial charge in [-0.1, -0.05) is 32.0 Å². The average molecular weight is 231 g/mol. The Kier molecular flexibility index (Phi) is 2.83. The molecule has 0 aromatic heterocycles. The highest BCUT2D eigenvalue weighted by Gasteiger charge is 2.40. The molecule has 3 rings (SSSR count). The number of fused-ring (bicyclic) bond motifs is 3. The molecular formula is C15H21NO. The molecule has 92 valence electrons. The number of hydrogen-bond acceptors (Lipinski definition) is 2. The number of anilines is 1. The third-order valence-electron chi connectivity index (χ3n) is 4.27. The first-order chi connectivity index (χ1) is 8.35. The van der Waals surface area contributed by atoms with Crippen LogP contribution in [0.4, 0.5) is 5.69 Å². The van der Waals surface area contributed by atoms with E-state index in [-0.39, 0.29) is 0 Å². The lowest BCUT2D eigenvalue weighted by Crippen LogP contribution is -2.41. The second-order valence-electron chi connectivity index (χ2n) is 5.12. The minimum absolute atomic E-state index is 0.380. The van der Waals surface area contributed by atoms with Gasteiger partial charge in [0.15, 0.2) is 0 Å². The van der Waals surface area contributed by atoms with E-state index < -0.39 is 0 Å². The van der Waals surface area contributed by atoms with Crippen LogP contribution in [0.2, 0.25) is 0 Å². The Morgan fingerprint density at radius 1 is 1.35 bits per heavy atom. The van der Waals surface area contributed by atoms with Crippen molar-refractivity contribution in [2.24, 2.45) is 0 Å². The predicted molar refractivity (Wildman–Crippen MR) is 70.6 cm³/mol. The molecule has 1 saturated heterocycles. The lowest BCUT2D eigenvalue weighted by atomic mass is 9.86. The van der Waals surface area contributed by atoms with Gasteiger partial charge in [-0.15, -0.1) is 0 Å². The fourth-order valence-corrected chi connectivity index (χ4v) is 3.37. The summed E-state index contributed by atoms with van der Waals surface area (Å²) in [6.45, 7) is 5.36. The van der Waals surface area contributed by atoms with Gasteiger partial charge in [-0.05, 0) is 30.4 Å². The van der Waals surface area contributed by atoms with Crippen molar-refractivity contribution in [3.63, 3.8) is 0 Å². The molecule has 17 heavy (non-hydrogen) atoms. The van der Waals surface area contributed by atoms with Crippen molar-refractivity contribution in [3.8, 4) is 0 Å². The van der Waals surface area contributed by atoms with Gasteiger partial charge in [0.25, 0.3) is 0 Å². The number of benzene rings is 1. The summed E-state index contributed by atoms with van der Waals surface area (Å²) in [5, 5.41) is 3.73. The third kappa shape index (κ3) is 1.66. The van der Waals surface area contributed by atoms with Gasteiger partial charge in [-0.3, -0.25) is 0 Å². The first-order valence-corrected chi connectivity index (χ1v) is 6.85. The summed E-state index contributed by atoms with van der Waals surface area (Å²) >= 11 is 0. The van der Waals surface area contributed by atoms with Crippen molar-refractivity contribution in [2.75, 3.05) is 11.9 Å². The van der Waals surface area contributed by atoms with Crippen LogP contribution in [0.3, 0.4) is 0 Å². The zero-order chi connectivity index (χ0) is 11.8. The highest BCUT2D eigenvalue weighted by atomic mass is 16.5. The Bertz CT molecular complexity index is 415. The minimum atomic E-state index is 0.380. The van der Waals surface area contributed by atoms with Crippen LogP contribution in [0.5, 0.6) is 0 Å². The molecule has 2 heterocycles. The maximum Gasteiger partial charge on any atom is 0.0779 e. The van der Waals surface area contributed by atoms with E-state index in [1.165, 1.54) is 16.8 Å². The van der Waals surface area contributed by atoms with Gasteiger partial charge in [0.1, 0.15) is 0 Å². The van der Waals surface area contributed by atoms with Gasteiger partial charge in [0, 0.05) is 18.2 Å². The van der Waals surface area contributed by atoms with E-state index in [1.807, 2.05) is 0 Å². The van der Waals surface area contributed by atoms with E-state index in [1.54, 1.807) is 0 Å². The van der Waals surface area contributed by atoms with E-state index in [0.717, 1.165) is 25.9 Å². The standard InChI is InChI=1S/C15H21NO/c1-3-10-6-5-7-11-12-8-9-17-13(4-2)15(12)16-14(10)11/h5-7,12-13,15-16H,3-4,8-9H2,1-2H3. The molecule has 0 saturated carbocycles. The smallest absolute Gasteiger partial charge is 0.0779 e. The summed E-state index contributed by atoms with van der Waals surface area (Å²) in [5.41, 5.74) is 4.37. The lowest BCUT2D eigenvalue weighted by molar-refractivity contribution is -0.00175. The third-order valence-corrected chi connectivity index (χ3v) is 4.27. The minimum Gasteiger partial charge on any atom is -0.379 e. The molecule has 1 aromatic carbocycles. The molecule has 0 aliphatic carbocycles. The average Bonchev–Trinajstić information content (AvgIpc) is 2.77. The fourth-order valence-electron chi connectivity index (χ4n) is 3.37. The Morgan fingerprint density at radius 3 is 3.00 bits per heavy atom. The molecule has 2 heteroatoms. The Balaban J connectivity index is 1.98. The number of hydrogen-bond donors (Lipinski definition) is 1. The summed E-state index contributed by atoms with van der Waals surface area (Å²) in [7, 11) is 0. The zero-order valence-electron chi connectivity index (χ0n) is 10.7. The maximum absolute atomic E-state index is 5.88. The van der Waals surface area contributed by atoms with Crippen molar-refractivity contribution in [1.29, 1.82) is 0 Å². The van der Waals surface area contributed by atoms with Gasteiger partial charge in [0.2, 0.25) is 0 Å². The van der Waals surface area contributed by atoms with Gasteiger partial charge < -0.3 is 10.1 Å². The SMILES string of the molecule is CCc1cccc2c1NC1C(CC)OCCC21. The number of rotatable bonds is 2. The molecule has 2 aliphatic rings. The molecule has 0 bridgehead atoms. The summed E-state index contributed by atoms with van der Waals surface area (Å²) in [4.78, 5) is 0. The Labute approximate surface area is 103 Å². The molecule has 1 N–H and O–H groups in total. The molecule has 3 unspecified atom stereocenters. The molecule has 0 radical (unpaired) electrons. The van der Waals surface area contributed by atoms with Crippen LogP contribution in [-0.2, 0) is 11.2 Å². The van der Waals surface area contributed by atoms with Crippen molar-refractivity contribution in [2.45, 2.75) is 51.2 Å². The van der Waals surface area contributed by atoms with E-state index in [9.17, 15) is 0 Å². The van der Waals surface area contributed by atoms with Crippen molar-refractivity contribution in [1.82, 2.24) is 0 Å². The second kappa shape index (κ2) is 4.34. The molecule has 1 fully saturated rings. The molecule has 3 atom stereocenters. The largest absolute Gasteiger partial charge is 0.379 e. The van der Waals surface area contributed by atoms with Crippen LogP contribution in [-0.4, -0.2) is 18.8 Å². The van der Waals surface area contributed by atoms with Crippen molar-refractivity contribution >= 4 is 5.69 Å². The molecule has 0 spiro atoms. The molecule has 2 nitrogen and oxygen atoms in total. The first-order valence-electron chi connectivity index (χ1n) is 6.85. The van der Waals surface area contributed by atoms with E-state index in [4.69, 9.17) is 4.74 Å². The Morgan fingerprint density at radius 2 is 2.24 bits per heavy atom. The highest BCUT2D eigenvalue weighted by molar-refractivity contribution is 5.65. The van der Waals surface area contributed by atoms with Crippen LogP contribution >= 0.6 is 0 Å². The van der Waals surface area contributed by atoms with E-state index in [2.05, 4.69) is 37.4 Å². The van der Waals surface area contributed by atoms with E-state index >= 15 is 0 Å².